The molecule has 0 saturated heterocycles. The number of halogens is 1. The summed E-state index contributed by atoms with van der Waals surface area (Å²) in [4.78, 5) is 0. The van der Waals surface area contributed by atoms with Crippen LogP contribution in [0.4, 0.5) is 0 Å². The lowest BCUT2D eigenvalue weighted by molar-refractivity contribution is -0.0247. The summed E-state index contributed by atoms with van der Waals surface area (Å²) in [6.45, 7) is 4.84. The Balaban J connectivity index is 2.17. The highest BCUT2D eigenvalue weighted by atomic mass is 127. The second kappa shape index (κ2) is 4.52. The Labute approximate surface area is 107 Å². The summed E-state index contributed by atoms with van der Waals surface area (Å²) in [5, 5.41) is 10.1. The average molecular weight is 322 g/mol. The van der Waals surface area contributed by atoms with E-state index in [1.54, 1.807) is 0 Å². The number of aliphatic hydroxyl groups excluding tert-OH is 1. The summed E-state index contributed by atoms with van der Waals surface area (Å²) in [7, 11) is 0. The predicted molar refractivity (Wildman–Crippen MR) is 72.2 cm³/mol. The molecule has 88 valence electrons. The normalized spacial score (nSPS) is 47.6. The molecule has 1 unspecified atom stereocenters. The molecule has 2 heteroatoms. The smallest absolute Gasteiger partial charge is 0.0573 e. The van der Waals surface area contributed by atoms with Gasteiger partial charge in [0.15, 0.2) is 0 Å². The molecule has 0 spiro atoms. The van der Waals surface area contributed by atoms with E-state index in [9.17, 15) is 5.11 Å². The van der Waals surface area contributed by atoms with Gasteiger partial charge in [0, 0.05) is 4.43 Å². The fourth-order valence-electron chi connectivity index (χ4n) is 4.23. The van der Waals surface area contributed by atoms with E-state index in [0.717, 1.165) is 18.3 Å². The molecule has 0 aromatic heterocycles. The zero-order valence-corrected chi connectivity index (χ0v) is 12.0. The summed E-state index contributed by atoms with van der Waals surface area (Å²) in [5.41, 5.74) is 0.447. The molecule has 2 fully saturated rings. The van der Waals surface area contributed by atoms with Crippen LogP contribution in [0, 0.1) is 23.2 Å². The van der Waals surface area contributed by atoms with E-state index in [0.29, 0.717) is 11.3 Å². The van der Waals surface area contributed by atoms with Crippen LogP contribution in [0.15, 0.2) is 0 Å². The summed E-state index contributed by atoms with van der Waals surface area (Å²) in [6, 6.07) is 0. The van der Waals surface area contributed by atoms with Crippen LogP contribution >= 0.6 is 22.6 Å². The van der Waals surface area contributed by atoms with Gasteiger partial charge in [-0.15, -0.1) is 0 Å². The summed E-state index contributed by atoms with van der Waals surface area (Å²) in [6.07, 6.45) is 6.24. The minimum atomic E-state index is -0.00448. The Morgan fingerprint density at radius 1 is 1.40 bits per heavy atom. The highest BCUT2D eigenvalue weighted by molar-refractivity contribution is 14.1. The second-order valence-electron chi connectivity index (χ2n) is 5.89. The standard InChI is InChI=1S/C13H23IO/c1-9(8-14)10-5-6-11-12(15)4-3-7-13(10,11)2/h9-12,15H,3-8H2,1-2H3/t9-,10-,11+,12?,13-/m1/s1. The van der Waals surface area contributed by atoms with E-state index in [-0.39, 0.29) is 6.10 Å². The Bertz CT molecular complexity index is 231. The number of aliphatic hydroxyl groups is 1. The van der Waals surface area contributed by atoms with Crippen LogP contribution in [-0.2, 0) is 0 Å². The lowest BCUT2D eigenvalue weighted by Gasteiger charge is -2.45. The van der Waals surface area contributed by atoms with Crippen LogP contribution in [0.25, 0.3) is 0 Å². The lowest BCUT2D eigenvalue weighted by atomic mass is 9.62. The third-order valence-electron chi connectivity index (χ3n) is 5.09. The van der Waals surface area contributed by atoms with E-state index >= 15 is 0 Å². The van der Waals surface area contributed by atoms with E-state index in [1.165, 1.54) is 30.1 Å². The molecule has 2 aliphatic rings. The molecule has 1 N–H and O–H groups in total. The third kappa shape index (κ3) is 1.97. The van der Waals surface area contributed by atoms with Crippen molar-refractivity contribution in [2.24, 2.45) is 23.2 Å². The maximum absolute atomic E-state index is 10.1. The molecule has 0 bridgehead atoms. The van der Waals surface area contributed by atoms with Crippen LogP contribution < -0.4 is 0 Å². The van der Waals surface area contributed by atoms with Crippen molar-refractivity contribution in [1.82, 2.24) is 0 Å². The molecule has 1 nitrogen and oxygen atoms in total. The molecule has 5 atom stereocenters. The van der Waals surface area contributed by atoms with Gasteiger partial charge in [0.05, 0.1) is 6.10 Å². The predicted octanol–water partition coefficient (Wildman–Crippen LogP) is 3.63. The number of rotatable bonds is 2. The molecule has 0 radical (unpaired) electrons. The Morgan fingerprint density at radius 2 is 2.13 bits per heavy atom. The van der Waals surface area contributed by atoms with Gasteiger partial charge in [0.2, 0.25) is 0 Å². The zero-order chi connectivity index (χ0) is 11.1. The highest BCUT2D eigenvalue weighted by Crippen LogP contribution is 2.57. The van der Waals surface area contributed by atoms with Crippen molar-refractivity contribution in [3.8, 4) is 0 Å². The summed E-state index contributed by atoms with van der Waals surface area (Å²) >= 11 is 2.52. The molecule has 2 aliphatic carbocycles. The average Bonchev–Trinajstić information content (AvgIpc) is 2.56. The number of alkyl halides is 1. The molecule has 0 aromatic carbocycles. The SMILES string of the molecule is C[C@H](CI)[C@H]1CC[C@H]2C(O)CCC[C@]12C. The van der Waals surface area contributed by atoms with Crippen LogP contribution in [0.5, 0.6) is 0 Å². The van der Waals surface area contributed by atoms with Crippen molar-refractivity contribution in [3.63, 3.8) is 0 Å². The van der Waals surface area contributed by atoms with Gasteiger partial charge in [0.1, 0.15) is 0 Å². The zero-order valence-electron chi connectivity index (χ0n) is 9.88. The van der Waals surface area contributed by atoms with E-state index in [1.807, 2.05) is 0 Å². The maximum Gasteiger partial charge on any atom is 0.0573 e. The van der Waals surface area contributed by atoms with Crippen molar-refractivity contribution >= 4 is 22.6 Å². The van der Waals surface area contributed by atoms with E-state index in [2.05, 4.69) is 36.4 Å². The maximum atomic E-state index is 10.1. The van der Waals surface area contributed by atoms with Crippen molar-refractivity contribution in [2.75, 3.05) is 4.43 Å². The second-order valence-corrected chi connectivity index (χ2v) is 6.77. The van der Waals surface area contributed by atoms with Crippen molar-refractivity contribution in [1.29, 1.82) is 0 Å². The fraction of sp³-hybridized carbons (Fsp3) is 1.00. The highest BCUT2D eigenvalue weighted by Gasteiger charge is 2.51. The van der Waals surface area contributed by atoms with Crippen LogP contribution in [0.3, 0.4) is 0 Å². The Morgan fingerprint density at radius 3 is 2.80 bits per heavy atom. The fourth-order valence-corrected chi connectivity index (χ4v) is 4.85. The molecule has 0 heterocycles. The quantitative estimate of drug-likeness (QED) is 0.608. The third-order valence-corrected chi connectivity index (χ3v) is 6.48. The molecular weight excluding hydrogens is 299 g/mol. The lowest BCUT2D eigenvalue weighted by Crippen LogP contribution is -2.41. The monoisotopic (exact) mass is 322 g/mol. The van der Waals surface area contributed by atoms with Gasteiger partial charge in [-0.2, -0.15) is 0 Å². The number of fused-ring (bicyclic) bond motifs is 1. The van der Waals surface area contributed by atoms with Gasteiger partial charge < -0.3 is 5.11 Å². The topological polar surface area (TPSA) is 20.2 Å². The van der Waals surface area contributed by atoms with Crippen molar-refractivity contribution in [3.05, 3.63) is 0 Å². The van der Waals surface area contributed by atoms with Gasteiger partial charge in [-0.25, -0.2) is 0 Å². The first-order chi connectivity index (χ1) is 7.09. The molecular formula is C13H23IO. The van der Waals surface area contributed by atoms with Gasteiger partial charge >= 0.3 is 0 Å². The first-order valence-corrected chi connectivity index (χ1v) is 7.86. The Hall–Kier alpha value is 0.690. The van der Waals surface area contributed by atoms with Gasteiger partial charge in [-0.3, -0.25) is 0 Å². The molecule has 0 aliphatic heterocycles. The van der Waals surface area contributed by atoms with Crippen LogP contribution in [0.2, 0.25) is 0 Å². The van der Waals surface area contributed by atoms with Crippen molar-refractivity contribution < 1.29 is 5.11 Å². The Kier molecular flexibility index (Phi) is 3.66. The largest absolute Gasteiger partial charge is 0.393 e. The van der Waals surface area contributed by atoms with E-state index in [4.69, 9.17) is 0 Å². The van der Waals surface area contributed by atoms with Crippen molar-refractivity contribution in [2.45, 2.75) is 52.1 Å². The molecule has 0 amide bonds. The minimum Gasteiger partial charge on any atom is -0.393 e. The van der Waals surface area contributed by atoms with Crippen LogP contribution in [-0.4, -0.2) is 15.6 Å². The van der Waals surface area contributed by atoms with Crippen LogP contribution in [0.1, 0.15) is 46.0 Å². The number of hydrogen-bond acceptors (Lipinski definition) is 1. The molecule has 2 saturated carbocycles. The first kappa shape index (κ1) is 12.2. The molecule has 15 heavy (non-hydrogen) atoms. The molecule has 0 aromatic rings. The molecule has 2 rings (SSSR count). The number of hydrogen-bond donors (Lipinski definition) is 1. The van der Waals surface area contributed by atoms with Gasteiger partial charge in [0.25, 0.3) is 0 Å². The summed E-state index contributed by atoms with van der Waals surface area (Å²) < 4.78 is 1.26. The first-order valence-electron chi connectivity index (χ1n) is 6.33. The minimum absolute atomic E-state index is 0.00448. The van der Waals surface area contributed by atoms with Gasteiger partial charge in [-0.1, -0.05) is 42.9 Å². The van der Waals surface area contributed by atoms with Gasteiger partial charge in [-0.05, 0) is 48.9 Å². The van der Waals surface area contributed by atoms with E-state index < -0.39 is 0 Å². The summed E-state index contributed by atoms with van der Waals surface area (Å²) in [5.74, 6) is 2.28.